The number of nitrogens with one attached hydrogen (secondary N) is 2. The van der Waals surface area contributed by atoms with Gasteiger partial charge in [-0.1, -0.05) is 5.16 Å². The minimum atomic E-state index is -0.386. The van der Waals surface area contributed by atoms with Gasteiger partial charge in [-0.2, -0.15) is 4.98 Å². The van der Waals surface area contributed by atoms with Crippen LogP contribution in [0.15, 0.2) is 28.8 Å². The average Bonchev–Trinajstić information content (AvgIpc) is 2.83. The van der Waals surface area contributed by atoms with Crippen LogP contribution in [0.5, 0.6) is 0 Å². The summed E-state index contributed by atoms with van der Waals surface area (Å²) in [5.74, 6) is 0.833. The standard InChI is InChI=1S/C13H14N4O3/c1-8(18)10-3-5-11(6-4-10)16-13(19)14-7-12-15-9(2)20-17-12/h3-6H,7H2,1-2H3,(H2,14,16,19). The van der Waals surface area contributed by atoms with E-state index in [2.05, 4.69) is 20.8 Å². The zero-order valence-electron chi connectivity index (χ0n) is 11.1. The van der Waals surface area contributed by atoms with E-state index < -0.39 is 0 Å². The number of amides is 2. The van der Waals surface area contributed by atoms with Crippen LogP contribution in [0.4, 0.5) is 10.5 Å². The summed E-state index contributed by atoms with van der Waals surface area (Å²) in [6.45, 7) is 3.34. The number of nitrogens with zero attached hydrogens (tertiary/aromatic N) is 2. The highest BCUT2D eigenvalue weighted by Crippen LogP contribution is 2.09. The maximum absolute atomic E-state index is 11.6. The Balaban J connectivity index is 1.86. The number of aryl methyl sites for hydroxylation is 1. The number of aromatic nitrogens is 2. The van der Waals surface area contributed by atoms with Gasteiger partial charge in [0.25, 0.3) is 0 Å². The van der Waals surface area contributed by atoms with Crippen molar-refractivity contribution >= 4 is 17.5 Å². The maximum Gasteiger partial charge on any atom is 0.319 e. The number of ketones is 1. The first-order valence-electron chi connectivity index (χ1n) is 5.99. The fraction of sp³-hybridized carbons (Fsp3) is 0.231. The Bertz CT molecular complexity index is 619. The second-order valence-corrected chi connectivity index (χ2v) is 4.17. The fourth-order valence-electron chi connectivity index (χ4n) is 1.54. The van der Waals surface area contributed by atoms with Gasteiger partial charge >= 0.3 is 6.03 Å². The van der Waals surface area contributed by atoms with E-state index in [9.17, 15) is 9.59 Å². The lowest BCUT2D eigenvalue weighted by atomic mass is 10.1. The Kier molecular flexibility index (Phi) is 4.09. The summed E-state index contributed by atoms with van der Waals surface area (Å²) in [5.41, 5.74) is 1.19. The van der Waals surface area contributed by atoms with E-state index in [1.165, 1.54) is 6.92 Å². The van der Waals surface area contributed by atoms with Gasteiger partial charge < -0.3 is 15.2 Å². The maximum atomic E-state index is 11.6. The number of hydrogen-bond acceptors (Lipinski definition) is 5. The Labute approximate surface area is 115 Å². The van der Waals surface area contributed by atoms with Gasteiger partial charge in [-0.05, 0) is 31.2 Å². The number of Topliss-reactive ketones (excluding diaryl/α,β-unsaturated/α-hetero) is 1. The van der Waals surface area contributed by atoms with Crippen molar-refractivity contribution in [3.05, 3.63) is 41.5 Å². The van der Waals surface area contributed by atoms with Crippen molar-refractivity contribution in [1.82, 2.24) is 15.5 Å². The molecule has 20 heavy (non-hydrogen) atoms. The van der Waals surface area contributed by atoms with Crippen LogP contribution in [-0.2, 0) is 6.54 Å². The number of hydrogen-bond donors (Lipinski definition) is 2. The molecule has 0 aliphatic rings. The highest BCUT2D eigenvalue weighted by molar-refractivity contribution is 5.95. The largest absolute Gasteiger partial charge is 0.340 e. The number of rotatable bonds is 4. The molecular formula is C13H14N4O3. The number of anilines is 1. The highest BCUT2D eigenvalue weighted by atomic mass is 16.5. The highest BCUT2D eigenvalue weighted by Gasteiger charge is 2.06. The van der Waals surface area contributed by atoms with Crippen LogP contribution in [-0.4, -0.2) is 22.0 Å². The van der Waals surface area contributed by atoms with Crippen molar-refractivity contribution in [3.63, 3.8) is 0 Å². The van der Waals surface area contributed by atoms with Gasteiger partial charge in [0, 0.05) is 18.2 Å². The van der Waals surface area contributed by atoms with E-state index >= 15 is 0 Å². The second kappa shape index (κ2) is 5.96. The summed E-state index contributed by atoms with van der Waals surface area (Å²) in [6.07, 6.45) is 0. The van der Waals surface area contributed by atoms with Crippen LogP contribution in [0, 0.1) is 6.92 Å². The molecule has 0 fully saturated rings. The van der Waals surface area contributed by atoms with E-state index in [0.29, 0.717) is 23.0 Å². The zero-order chi connectivity index (χ0) is 14.5. The molecule has 1 aromatic carbocycles. The quantitative estimate of drug-likeness (QED) is 0.830. The molecule has 0 spiro atoms. The predicted molar refractivity (Wildman–Crippen MR) is 71.3 cm³/mol. The molecule has 2 amide bonds. The molecule has 7 heteroatoms. The molecular weight excluding hydrogens is 260 g/mol. The normalized spacial score (nSPS) is 10.1. The fourth-order valence-corrected chi connectivity index (χ4v) is 1.54. The van der Waals surface area contributed by atoms with Crippen molar-refractivity contribution in [1.29, 1.82) is 0 Å². The molecule has 0 radical (unpaired) electrons. The lowest BCUT2D eigenvalue weighted by molar-refractivity contribution is 0.101. The SMILES string of the molecule is CC(=O)c1ccc(NC(=O)NCc2noc(C)n2)cc1. The minimum Gasteiger partial charge on any atom is -0.340 e. The van der Waals surface area contributed by atoms with Crippen LogP contribution >= 0.6 is 0 Å². The zero-order valence-corrected chi connectivity index (χ0v) is 11.1. The van der Waals surface area contributed by atoms with Crippen LogP contribution in [0.2, 0.25) is 0 Å². The Morgan fingerprint density at radius 1 is 1.25 bits per heavy atom. The smallest absolute Gasteiger partial charge is 0.319 e. The van der Waals surface area contributed by atoms with Crippen molar-refractivity contribution in [2.75, 3.05) is 5.32 Å². The van der Waals surface area contributed by atoms with Gasteiger partial charge in [0.2, 0.25) is 5.89 Å². The number of carbonyl (C=O) groups is 2. The van der Waals surface area contributed by atoms with Crippen LogP contribution in [0.25, 0.3) is 0 Å². The van der Waals surface area contributed by atoms with E-state index in [1.54, 1.807) is 31.2 Å². The predicted octanol–water partition coefficient (Wildman–Crippen LogP) is 1.90. The number of carbonyl (C=O) groups excluding carboxylic acids is 2. The Morgan fingerprint density at radius 2 is 1.95 bits per heavy atom. The lowest BCUT2D eigenvalue weighted by Crippen LogP contribution is -2.28. The van der Waals surface area contributed by atoms with Crippen LogP contribution < -0.4 is 10.6 Å². The summed E-state index contributed by atoms with van der Waals surface area (Å²) in [6, 6.07) is 6.24. The molecule has 0 bridgehead atoms. The molecule has 2 aromatic rings. The van der Waals surface area contributed by atoms with E-state index in [1.807, 2.05) is 0 Å². The second-order valence-electron chi connectivity index (χ2n) is 4.17. The topological polar surface area (TPSA) is 97.1 Å². The Morgan fingerprint density at radius 3 is 2.50 bits per heavy atom. The van der Waals surface area contributed by atoms with Crippen molar-refractivity contribution in [3.8, 4) is 0 Å². The summed E-state index contributed by atoms with van der Waals surface area (Å²) in [7, 11) is 0. The van der Waals surface area contributed by atoms with Gasteiger partial charge in [0.15, 0.2) is 11.6 Å². The Hall–Kier alpha value is -2.70. The molecule has 1 aromatic heterocycles. The number of urea groups is 1. The monoisotopic (exact) mass is 274 g/mol. The van der Waals surface area contributed by atoms with Gasteiger partial charge in [-0.3, -0.25) is 4.79 Å². The summed E-state index contributed by atoms with van der Waals surface area (Å²) < 4.78 is 4.79. The van der Waals surface area contributed by atoms with Gasteiger partial charge in [-0.15, -0.1) is 0 Å². The molecule has 0 aliphatic heterocycles. The lowest BCUT2D eigenvalue weighted by Gasteiger charge is -2.06. The molecule has 1 heterocycles. The van der Waals surface area contributed by atoms with Gasteiger partial charge in [0.05, 0.1) is 6.54 Å². The molecule has 0 unspecified atom stereocenters. The molecule has 2 rings (SSSR count). The first kappa shape index (κ1) is 13.7. The third-order valence-corrected chi connectivity index (χ3v) is 2.53. The molecule has 104 valence electrons. The third-order valence-electron chi connectivity index (χ3n) is 2.53. The number of benzene rings is 1. The van der Waals surface area contributed by atoms with Crippen LogP contribution in [0.1, 0.15) is 29.0 Å². The van der Waals surface area contributed by atoms with E-state index in [4.69, 9.17) is 4.52 Å². The summed E-state index contributed by atoms with van der Waals surface area (Å²) >= 11 is 0. The summed E-state index contributed by atoms with van der Waals surface area (Å²) in [5, 5.41) is 8.89. The molecule has 0 saturated heterocycles. The third kappa shape index (κ3) is 3.64. The van der Waals surface area contributed by atoms with E-state index in [0.717, 1.165) is 0 Å². The van der Waals surface area contributed by atoms with Crippen LogP contribution in [0.3, 0.4) is 0 Å². The van der Waals surface area contributed by atoms with Crippen molar-refractivity contribution in [2.45, 2.75) is 20.4 Å². The molecule has 0 saturated carbocycles. The average molecular weight is 274 g/mol. The van der Waals surface area contributed by atoms with Crippen molar-refractivity contribution < 1.29 is 14.1 Å². The minimum absolute atomic E-state index is 0.0199. The summed E-state index contributed by atoms with van der Waals surface area (Å²) in [4.78, 5) is 26.7. The molecule has 0 aliphatic carbocycles. The molecule has 2 N–H and O–H groups in total. The van der Waals surface area contributed by atoms with E-state index in [-0.39, 0.29) is 18.4 Å². The van der Waals surface area contributed by atoms with Crippen molar-refractivity contribution in [2.24, 2.45) is 0 Å². The van der Waals surface area contributed by atoms with Gasteiger partial charge in [0.1, 0.15) is 0 Å². The molecule has 0 atom stereocenters. The van der Waals surface area contributed by atoms with Gasteiger partial charge in [-0.25, -0.2) is 4.79 Å². The first-order valence-corrected chi connectivity index (χ1v) is 5.99. The molecule has 7 nitrogen and oxygen atoms in total. The first-order chi connectivity index (χ1) is 9.54.